The molecule has 1 aromatic rings. The van der Waals surface area contributed by atoms with E-state index in [-0.39, 0.29) is 22.8 Å². The van der Waals surface area contributed by atoms with Crippen molar-refractivity contribution < 1.29 is 28.0 Å². The number of carbonyl (C=O) groups is 1. The lowest BCUT2D eigenvalue weighted by atomic mass is 10.2. The molecule has 21 heavy (non-hydrogen) atoms. The summed E-state index contributed by atoms with van der Waals surface area (Å²) < 4.78 is 37.1. The van der Waals surface area contributed by atoms with E-state index in [0.29, 0.717) is 4.90 Å². The Bertz CT molecular complexity index is 551. The van der Waals surface area contributed by atoms with Gasteiger partial charge >= 0.3 is 12.1 Å². The molecule has 0 aliphatic heterocycles. The van der Waals surface area contributed by atoms with Gasteiger partial charge in [-0.15, -0.1) is 0 Å². The minimum atomic E-state index is -4.57. The predicted molar refractivity (Wildman–Crippen MR) is 67.1 cm³/mol. The van der Waals surface area contributed by atoms with Gasteiger partial charge in [0.15, 0.2) is 0 Å². The highest BCUT2D eigenvalue weighted by molar-refractivity contribution is 6.31. The molecule has 0 amide bonds. The summed E-state index contributed by atoms with van der Waals surface area (Å²) in [6.07, 6.45) is -4.57. The molecule has 116 valence electrons. The highest BCUT2D eigenvalue weighted by Crippen LogP contribution is 2.25. The average molecular weight is 327 g/mol. The molecule has 0 aliphatic rings. The largest absolute Gasteiger partial charge is 0.480 e. The average Bonchev–Trinajstić information content (AvgIpc) is 2.28. The molecule has 0 aromatic heterocycles. The number of hydrogen-bond donors (Lipinski definition) is 1. The summed E-state index contributed by atoms with van der Waals surface area (Å²) in [4.78, 5) is 21.1. The molecule has 0 radical (unpaired) electrons. The lowest BCUT2D eigenvalue weighted by Crippen LogP contribution is -2.37. The molecular formula is C11H10ClF3N2O4. The Morgan fingerprint density at radius 3 is 2.48 bits per heavy atom. The molecule has 1 aromatic carbocycles. The number of nitro benzene ring substituents is 1. The summed E-state index contributed by atoms with van der Waals surface area (Å²) in [5.41, 5.74) is -0.128. The molecule has 0 spiro atoms. The number of non-ortho nitro benzene ring substituents is 1. The van der Waals surface area contributed by atoms with Crippen LogP contribution >= 0.6 is 11.6 Å². The zero-order chi connectivity index (χ0) is 16.2. The maximum Gasteiger partial charge on any atom is 0.401 e. The van der Waals surface area contributed by atoms with E-state index >= 15 is 0 Å². The summed E-state index contributed by atoms with van der Waals surface area (Å²) in [5, 5.41) is 19.0. The Balaban J connectivity index is 2.92. The standard InChI is InChI=1S/C11H10ClF3N2O4/c12-9-3-8(17(20)21)2-1-7(9)4-16(5-10(18)19)6-11(13,14)15/h1-3H,4-6H2,(H,18,19). The van der Waals surface area contributed by atoms with Gasteiger partial charge < -0.3 is 5.11 Å². The van der Waals surface area contributed by atoms with Gasteiger partial charge in [0, 0.05) is 18.7 Å². The Morgan fingerprint density at radius 1 is 1.43 bits per heavy atom. The molecule has 0 unspecified atom stereocenters. The summed E-state index contributed by atoms with van der Waals surface area (Å²) in [6, 6.07) is 3.29. The predicted octanol–water partition coefficient (Wildman–Crippen LogP) is 2.70. The van der Waals surface area contributed by atoms with Gasteiger partial charge in [-0.3, -0.25) is 19.8 Å². The third-order valence-electron chi connectivity index (χ3n) is 2.40. The Morgan fingerprint density at radius 2 is 2.05 bits per heavy atom. The lowest BCUT2D eigenvalue weighted by Gasteiger charge is -2.22. The first-order chi connectivity index (χ1) is 9.58. The number of rotatable bonds is 6. The smallest absolute Gasteiger partial charge is 0.401 e. The zero-order valence-corrected chi connectivity index (χ0v) is 11.2. The number of nitro groups is 1. The molecule has 6 nitrogen and oxygen atoms in total. The van der Waals surface area contributed by atoms with E-state index in [0.717, 1.165) is 12.1 Å². The van der Waals surface area contributed by atoms with Gasteiger partial charge in [-0.25, -0.2) is 0 Å². The molecule has 0 heterocycles. The van der Waals surface area contributed by atoms with Crippen LogP contribution in [0.2, 0.25) is 5.02 Å². The summed E-state index contributed by atoms with van der Waals surface area (Å²) in [6.45, 7) is -2.64. The number of halogens is 4. The fraction of sp³-hybridized carbons (Fsp3) is 0.364. The second kappa shape index (κ2) is 6.72. The maximum atomic E-state index is 12.4. The van der Waals surface area contributed by atoms with Crippen molar-refractivity contribution in [2.75, 3.05) is 13.1 Å². The van der Waals surface area contributed by atoms with E-state index in [1.54, 1.807) is 0 Å². The van der Waals surface area contributed by atoms with Gasteiger partial charge in [0.1, 0.15) is 0 Å². The first-order valence-electron chi connectivity index (χ1n) is 5.52. The summed E-state index contributed by atoms with van der Waals surface area (Å²) >= 11 is 5.77. The third kappa shape index (κ3) is 5.96. The van der Waals surface area contributed by atoms with Crippen LogP contribution in [0.25, 0.3) is 0 Å². The van der Waals surface area contributed by atoms with E-state index in [1.165, 1.54) is 6.07 Å². The number of carboxylic acid groups (broad SMARTS) is 1. The van der Waals surface area contributed by atoms with Crippen LogP contribution in [0.15, 0.2) is 18.2 Å². The third-order valence-corrected chi connectivity index (χ3v) is 2.76. The molecule has 1 N–H and O–H groups in total. The quantitative estimate of drug-likeness (QED) is 0.642. The van der Waals surface area contributed by atoms with Gasteiger partial charge in [0.05, 0.1) is 23.0 Å². The van der Waals surface area contributed by atoms with Crippen LogP contribution in [0.1, 0.15) is 5.56 Å². The number of alkyl halides is 3. The zero-order valence-electron chi connectivity index (χ0n) is 10.4. The SMILES string of the molecule is O=C(O)CN(Cc1ccc([N+](=O)[O-])cc1Cl)CC(F)(F)F. The first kappa shape index (κ1) is 17.2. The van der Waals surface area contributed by atoms with Crippen molar-refractivity contribution in [1.29, 1.82) is 0 Å². The second-order valence-electron chi connectivity index (χ2n) is 4.19. The van der Waals surface area contributed by atoms with E-state index in [4.69, 9.17) is 16.7 Å². The van der Waals surface area contributed by atoms with E-state index in [2.05, 4.69) is 0 Å². The van der Waals surface area contributed by atoms with Crippen LogP contribution in [0.5, 0.6) is 0 Å². The molecular weight excluding hydrogens is 317 g/mol. The van der Waals surface area contributed by atoms with E-state index < -0.39 is 30.2 Å². The second-order valence-corrected chi connectivity index (χ2v) is 4.59. The topological polar surface area (TPSA) is 83.7 Å². The van der Waals surface area contributed by atoms with Gasteiger partial charge in [-0.2, -0.15) is 13.2 Å². The van der Waals surface area contributed by atoms with Crippen LogP contribution in [-0.2, 0) is 11.3 Å². The number of aliphatic carboxylic acids is 1. The number of benzene rings is 1. The molecule has 1 rings (SSSR count). The van der Waals surface area contributed by atoms with Crippen molar-refractivity contribution in [3.63, 3.8) is 0 Å². The molecule has 0 fully saturated rings. The van der Waals surface area contributed by atoms with Gasteiger partial charge in [0.25, 0.3) is 5.69 Å². The normalized spacial score (nSPS) is 11.7. The molecule has 10 heteroatoms. The van der Waals surface area contributed by atoms with Crippen LogP contribution in [0.4, 0.5) is 18.9 Å². The Labute approximate surface area is 121 Å². The molecule has 0 aliphatic carbocycles. The van der Waals surface area contributed by atoms with Crippen molar-refractivity contribution in [3.8, 4) is 0 Å². The maximum absolute atomic E-state index is 12.4. The number of nitrogens with zero attached hydrogens (tertiary/aromatic N) is 2. The minimum Gasteiger partial charge on any atom is -0.480 e. The number of carboxylic acids is 1. The summed E-state index contributed by atoms with van der Waals surface area (Å²) in [7, 11) is 0. The molecule has 0 saturated carbocycles. The molecule has 0 saturated heterocycles. The number of hydrogen-bond acceptors (Lipinski definition) is 4. The fourth-order valence-corrected chi connectivity index (χ4v) is 1.87. The van der Waals surface area contributed by atoms with Crippen LogP contribution in [0.3, 0.4) is 0 Å². The Hall–Kier alpha value is -1.87. The highest BCUT2D eigenvalue weighted by Gasteiger charge is 2.31. The van der Waals surface area contributed by atoms with E-state index in [1.807, 2.05) is 0 Å². The van der Waals surface area contributed by atoms with Gasteiger partial charge in [-0.1, -0.05) is 11.6 Å². The van der Waals surface area contributed by atoms with Crippen molar-refractivity contribution in [3.05, 3.63) is 38.9 Å². The monoisotopic (exact) mass is 326 g/mol. The van der Waals surface area contributed by atoms with Crippen molar-refractivity contribution >= 4 is 23.3 Å². The first-order valence-corrected chi connectivity index (χ1v) is 5.90. The van der Waals surface area contributed by atoms with Gasteiger partial charge in [0.2, 0.25) is 0 Å². The highest BCUT2D eigenvalue weighted by atomic mass is 35.5. The molecule has 0 bridgehead atoms. The lowest BCUT2D eigenvalue weighted by molar-refractivity contribution is -0.384. The van der Waals surface area contributed by atoms with E-state index in [9.17, 15) is 28.1 Å². The van der Waals surface area contributed by atoms with Crippen molar-refractivity contribution in [1.82, 2.24) is 4.90 Å². The Kier molecular flexibility index (Phi) is 5.50. The minimum absolute atomic E-state index is 0.0956. The molecule has 0 atom stereocenters. The summed E-state index contributed by atoms with van der Waals surface area (Å²) in [5.74, 6) is -1.42. The van der Waals surface area contributed by atoms with Crippen LogP contribution in [-0.4, -0.2) is 40.2 Å². The van der Waals surface area contributed by atoms with Crippen LogP contribution < -0.4 is 0 Å². The van der Waals surface area contributed by atoms with Crippen molar-refractivity contribution in [2.45, 2.75) is 12.7 Å². The van der Waals surface area contributed by atoms with Crippen LogP contribution in [0, 0.1) is 10.1 Å². The van der Waals surface area contributed by atoms with Gasteiger partial charge in [-0.05, 0) is 11.6 Å². The van der Waals surface area contributed by atoms with Crippen molar-refractivity contribution in [2.24, 2.45) is 0 Å². The fourth-order valence-electron chi connectivity index (χ4n) is 1.63.